The molecule has 0 atom stereocenters. The monoisotopic (exact) mass is 210 g/mol. The predicted molar refractivity (Wildman–Crippen MR) is 50.1 cm³/mol. The van der Waals surface area contributed by atoms with E-state index < -0.39 is 0 Å². The van der Waals surface area contributed by atoms with Gasteiger partial charge in [-0.25, -0.2) is 0 Å². The summed E-state index contributed by atoms with van der Waals surface area (Å²) in [6.07, 6.45) is 0. The fraction of sp³-hybridized carbons (Fsp3) is 0.125. The van der Waals surface area contributed by atoms with E-state index in [0.717, 1.165) is 17.0 Å². The maximum absolute atomic E-state index is 4.19. The number of nitrogens with one attached hydrogen (secondary N) is 1. The molecule has 3 heteroatoms. The number of nitrogens with zero attached hydrogens (tertiary/aromatic N) is 1. The number of hydrogen-bond donors (Lipinski definition) is 1. The van der Waals surface area contributed by atoms with Crippen LogP contribution in [0.2, 0.25) is 0 Å². The van der Waals surface area contributed by atoms with Gasteiger partial charge >= 0.3 is 0 Å². The second-order valence-electron chi connectivity index (χ2n) is 2.39. The van der Waals surface area contributed by atoms with Gasteiger partial charge in [0.1, 0.15) is 0 Å². The van der Waals surface area contributed by atoms with Gasteiger partial charge in [0.25, 0.3) is 0 Å². The fourth-order valence-electron chi connectivity index (χ4n) is 1.09. The summed E-state index contributed by atoms with van der Waals surface area (Å²) >= 11 is 3.30. The molecule has 1 aliphatic heterocycles. The third kappa shape index (κ3) is 1.28. The molecule has 0 spiro atoms. The quantitative estimate of drug-likeness (QED) is 0.654. The zero-order chi connectivity index (χ0) is 7.68. The van der Waals surface area contributed by atoms with E-state index in [1.165, 1.54) is 5.56 Å². The molecule has 2 nitrogen and oxygen atoms in total. The highest BCUT2D eigenvalue weighted by atomic mass is 79.9. The lowest BCUT2D eigenvalue weighted by Gasteiger charge is -2.13. The van der Waals surface area contributed by atoms with E-state index in [-0.39, 0.29) is 0 Å². The molecular weight excluding hydrogens is 204 g/mol. The van der Waals surface area contributed by atoms with Crippen molar-refractivity contribution in [3.8, 4) is 0 Å². The van der Waals surface area contributed by atoms with Crippen molar-refractivity contribution in [2.45, 2.75) is 6.54 Å². The normalized spacial score (nSPS) is 14.8. The van der Waals surface area contributed by atoms with Crippen molar-refractivity contribution in [2.75, 3.05) is 5.32 Å². The SMILES string of the molecule is BrC1=NCc2ccccc2N1. The Morgan fingerprint density at radius 1 is 1.36 bits per heavy atom. The molecule has 0 aliphatic carbocycles. The molecule has 56 valence electrons. The number of rotatable bonds is 0. The Morgan fingerprint density at radius 2 is 2.18 bits per heavy atom. The summed E-state index contributed by atoms with van der Waals surface area (Å²) in [5.41, 5.74) is 2.39. The summed E-state index contributed by atoms with van der Waals surface area (Å²) in [5.74, 6) is 0. The summed E-state index contributed by atoms with van der Waals surface area (Å²) in [6.45, 7) is 0.768. The molecule has 1 aromatic rings. The first-order chi connectivity index (χ1) is 5.36. The number of halogens is 1. The molecule has 2 rings (SSSR count). The summed E-state index contributed by atoms with van der Waals surface area (Å²) < 4.78 is 0.816. The first kappa shape index (κ1) is 6.85. The van der Waals surface area contributed by atoms with Gasteiger partial charge in [0.05, 0.1) is 6.54 Å². The standard InChI is InChI=1S/C8H7BrN2/c9-8-10-5-6-3-1-2-4-7(6)11-8/h1-4H,5H2,(H,10,11). The summed E-state index contributed by atoms with van der Waals surface area (Å²) in [5, 5.41) is 3.13. The largest absolute Gasteiger partial charge is 0.334 e. The second kappa shape index (κ2) is 2.66. The van der Waals surface area contributed by atoms with E-state index >= 15 is 0 Å². The van der Waals surface area contributed by atoms with Crippen LogP contribution in [0.3, 0.4) is 0 Å². The van der Waals surface area contributed by atoms with Crippen molar-refractivity contribution in [1.82, 2.24) is 0 Å². The number of anilines is 1. The van der Waals surface area contributed by atoms with Crippen LogP contribution in [0.4, 0.5) is 5.69 Å². The predicted octanol–water partition coefficient (Wildman–Crippen LogP) is 2.36. The number of benzene rings is 1. The molecule has 0 unspecified atom stereocenters. The van der Waals surface area contributed by atoms with E-state index in [1.807, 2.05) is 18.2 Å². The zero-order valence-electron chi connectivity index (χ0n) is 5.84. The molecule has 0 amide bonds. The van der Waals surface area contributed by atoms with Gasteiger partial charge in [0, 0.05) is 5.69 Å². The molecule has 1 heterocycles. The second-order valence-corrected chi connectivity index (χ2v) is 3.14. The summed E-state index contributed by atoms with van der Waals surface area (Å²) in [6, 6.07) is 8.16. The van der Waals surface area contributed by atoms with Gasteiger partial charge in [-0.2, -0.15) is 0 Å². The molecule has 0 radical (unpaired) electrons. The maximum atomic E-state index is 4.19. The molecule has 1 aromatic carbocycles. The van der Waals surface area contributed by atoms with Crippen molar-refractivity contribution in [2.24, 2.45) is 4.99 Å². The van der Waals surface area contributed by atoms with Crippen LogP contribution in [0, 0.1) is 0 Å². The van der Waals surface area contributed by atoms with E-state index in [0.29, 0.717) is 0 Å². The van der Waals surface area contributed by atoms with Crippen molar-refractivity contribution < 1.29 is 0 Å². The van der Waals surface area contributed by atoms with Crippen molar-refractivity contribution in [1.29, 1.82) is 0 Å². The molecular formula is C8H7BrN2. The van der Waals surface area contributed by atoms with Crippen LogP contribution in [0.25, 0.3) is 0 Å². The molecule has 11 heavy (non-hydrogen) atoms. The van der Waals surface area contributed by atoms with Gasteiger partial charge in [-0.1, -0.05) is 18.2 Å². The van der Waals surface area contributed by atoms with Crippen molar-refractivity contribution in [3.63, 3.8) is 0 Å². The van der Waals surface area contributed by atoms with Gasteiger partial charge in [-0.15, -0.1) is 0 Å². The van der Waals surface area contributed by atoms with Gasteiger partial charge < -0.3 is 5.32 Å². The van der Waals surface area contributed by atoms with Crippen LogP contribution in [0.15, 0.2) is 29.3 Å². The number of fused-ring (bicyclic) bond motifs is 1. The highest BCUT2D eigenvalue weighted by Gasteiger charge is 2.06. The Bertz CT molecular complexity index is 307. The van der Waals surface area contributed by atoms with Crippen molar-refractivity contribution in [3.05, 3.63) is 29.8 Å². The Hall–Kier alpha value is -0.830. The Kier molecular flexibility index (Phi) is 1.66. The Balaban J connectivity index is 2.42. The molecule has 1 N–H and O–H groups in total. The zero-order valence-corrected chi connectivity index (χ0v) is 7.43. The number of aliphatic imine (C=N–C) groups is 1. The smallest absolute Gasteiger partial charge is 0.170 e. The first-order valence-corrected chi connectivity index (χ1v) is 4.20. The number of amidine groups is 1. The lowest BCUT2D eigenvalue weighted by Crippen LogP contribution is -2.10. The molecule has 0 fully saturated rings. The number of hydrogen-bond acceptors (Lipinski definition) is 2. The first-order valence-electron chi connectivity index (χ1n) is 3.41. The topological polar surface area (TPSA) is 24.4 Å². The lowest BCUT2D eigenvalue weighted by molar-refractivity contribution is 1.06. The minimum absolute atomic E-state index is 0.768. The van der Waals surface area contributed by atoms with Crippen LogP contribution in [0.5, 0.6) is 0 Å². The summed E-state index contributed by atoms with van der Waals surface area (Å²) in [7, 11) is 0. The maximum Gasteiger partial charge on any atom is 0.170 e. The van der Waals surface area contributed by atoms with E-state index in [4.69, 9.17) is 0 Å². The number of para-hydroxylation sites is 1. The Morgan fingerprint density at radius 3 is 3.09 bits per heavy atom. The molecule has 0 saturated carbocycles. The average molecular weight is 211 g/mol. The van der Waals surface area contributed by atoms with Gasteiger partial charge in [-0.3, -0.25) is 4.99 Å². The lowest BCUT2D eigenvalue weighted by atomic mass is 10.1. The van der Waals surface area contributed by atoms with Crippen LogP contribution >= 0.6 is 15.9 Å². The van der Waals surface area contributed by atoms with Crippen LogP contribution in [-0.2, 0) is 6.54 Å². The van der Waals surface area contributed by atoms with Gasteiger partial charge in [0.2, 0.25) is 0 Å². The van der Waals surface area contributed by atoms with Gasteiger partial charge in [-0.05, 0) is 27.6 Å². The van der Waals surface area contributed by atoms with Crippen LogP contribution in [0.1, 0.15) is 5.56 Å². The minimum atomic E-state index is 0.768. The van der Waals surface area contributed by atoms with Gasteiger partial charge in [0.15, 0.2) is 4.74 Å². The molecule has 0 bridgehead atoms. The molecule has 0 aromatic heterocycles. The Labute approximate surface area is 73.5 Å². The third-order valence-corrected chi connectivity index (χ3v) is 2.09. The highest BCUT2D eigenvalue weighted by Crippen LogP contribution is 2.20. The van der Waals surface area contributed by atoms with E-state index in [1.54, 1.807) is 0 Å². The minimum Gasteiger partial charge on any atom is -0.334 e. The highest BCUT2D eigenvalue weighted by molar-refractivity contribution is 9.18. The molecule has 1 aliphatic rings. The van der Waals surface area contributed by atoms with Crippen LogP contribution in [-0.4, -0.2) is 4.74 Å². The van der Waals surface area contributed by atoms with E-state index in [2.05, 4.69) is 32.3 Å². The van der Waals surface area contributed by atoms with E-state index in [9.17, 15) is 0 Å². The fourth-order valence-corrected chi connectivity index (χ4v) is 1.42. The molecule has 0 saturated heterocycles. The summed E-state index contributed by atoms with van der Waals surface area (Å²) in [4.78, 5) is 4.19. The third-order valence-electron chi connectivity index (χ3n) is 1.64. The van der Waals surface area contributed by atoms with Crippen molar-refractivity contribution >= 4 is 26.4 Å². The van der Waals surface area contributed by atoms with Crippen LogP contribution < -0.4 is 5.32 Å². The average Bonchev–Trinajstić information content (AvgIpc) is 2.04.